The van der Waals surface area contributed by atoms with E-state index in [0.717, 1.165) is 5.56 Å². The van der Waals surface area contributed by atoms with Crippen LogP contribution < -0.4 is 11.0 Å². The third-order valence-corrected chi connectivity index (χ3v) is 4.16. The summed E-state index contributed by atoms with van der Waals surface area (Å²) in [6.45, 7) is 0.408. The molecule has 0 N–H and O–H groups in total. The lowest BCUT2D eigenvalue weighted by molar-refractivity contribution is 0.804. The summed E-state index contributed by atoms with van der Waals surface area (Å²) >= 11 is 0. The maximum Gasteiger partial charge on any atom is 0.259 e. The molecule has 0 saturated carbocycles. The molecule has 0 radical (unpaired) electrons. The van der Waals surface area contributed by atoms with E-state index in [9.17, 15) is 9.59 Å². The minimum atomic E-state index is -0.186. The molecule has 24 heavy (non-hydrogen) atoms. The molecule has 2 heterocycles. The first-order chi connectivity index (χ1) is 11.8. The average molecular weight is 314 g/mol. The molecule has 4 aromatic rings. The SMILES string of the molecule is O=c1c2cnccc2c(=O)n(Cc2ccccc2)c2ccccc12. The number of pyridine rings is 1. The Hall–Kier alpha value is -3.27. The Labute approximate surface area is 137 Å². The summed E-state index contributed by atoms with van der Waals surface area (Å²) in [5.41, 5.74) is 1.28. The van der Waals surface area contributed by atoms with E-state index in [-0.39, 0.29) is 11.0 Å². The molecule has 0 aliphatic rings. The van der Waals surface area contributed by atoms with Gasteiger partial charge in [-0.2, -0.15) is 0 Å². The van der Waals surface area contributed by atoms with E-state index in [1.165, 1.54) is 6.20 Å². The van der Waals surface area contributed by atoms with Gasteiger partial charge < -0.3 is 4.57 Å². The lowest BCUT2D eigenvalue weighted by atomic mass is 10.2. The van der Waals surface area contributed by atoms with Crippen LogP contribution in [0.4, 0.5) is 0 Å². The van der Waals surface area contributed by atoms with E-state index in [2.05, 4.69) is 4.98 Å². The summed E-state index contributed by atoms with van der Waals surface area (Å²) in [6.07, 6.45) is 3.01. The molecule has 4 rings (SSSR count). The minimum absolute atomic E-state index is 0.169. The fourth-order valence-electron chi connectivity index (χ4n) is 2.99. The molecular weight excluding hydrogens is 300 g/mol. The van der Waals surface area contributed by atoms with Crippen molar-refractivity contribution >= 4 is 21.7 Å². The maximum absolute atomic E-state index is 13.1. The number of hydrogen-bond acceptors (Lipinski definition) is 3. The lowest BCUT2D eigenvalue weighted by Crippen LogP contribution is -2.19. The third kappa shape index (κ3) is 2.29. The molecule has 0 fully saturated rings. The Bertz CT molecular complexity index is 1160. The molecule has 0 bridgehead atoms. The Morgan fingerprint density at radius 3 is 2.38 bits per heavy atom. The minimum Gasteiger partial charge on any atom is -0.303 e. The van der Waals surface area contributed by atoms with Crippen LogP contribution >= 0.6 is 0 Å². The van der Waals surface area contributed by atoms with Crippen molar-refractivity contribution in [1.82, 2.24) is 9.55 Å². The van der Waals surface area contributed by atoms with Gasteiger partial charge in [-0.3, -0.25) is 14.6 Å². The number of para-hydroxylation sites is 1. The van der Waals surface area contributed by atoms with Crippen LogP contribution in [0.1, 0.15) is 5.56 Å². The second-order valence-corrected chi connectivity index (χ2v) is 5.64. The van der Waals surface area contributed by atoms with Gasteiger partial charge in [-0.15, -0.1) is 0 Å². The molecule has 2 aromatic carbocycles. The van der Waals surface area contributed by atoms with Crippen molar-refractivity contribution in [3.05, 3.63) is 99.2 Å². The highest BCUT2D eigenvalue weighted by Gasteiger charge is 2.11. The van der Waals surface area contributed by atoms with Crippen molar-refractivity contribution in [3.8, 4) is 0 Å². The lowest BCUT2D eigenvalue weighted by Gasteiger charge is -2.07. The van der Waals surface area contributed by atoms with Gasteiger partial charge in [0.05, 0.1) is 22.8 Å². The molecule has 4 heteroatoms. The van der Waals surface area contributed by atoms with E-state index in [1.54, 1.807) is 22.9 Å². The standard InChI is InChI=1S/C20H14N2O2/c23-19-16-8-4-5-9-18(16)22(13-14-6-2-1-3-7-14)20(24)15-10-11-21-12-17(15)19/h1-12H,13H2. The summed E-state index contributed by atoms with van der Waals surface area (Å²) in [4.78, 5) is 30.0. The van der Waals surface area contributed by atoms with Crippen LogP contribution in [-0.4, -0.2) is 9.55 Å². The van der Waals surface area contributed by atoms with Crippen molar-refractivity contribution in [2.45, 2.75) is 6.54 Å². The highest BCUT2D eigenvalue weighted by molar-refractivity contribution is 5.90. The quantitative estimate of drug-likeness (QED) is 0.571. The zero-order valence-electron chi connectivity index (χ0n) is 12.8. The van der Waals surface area contributed by atoms with Crippen molar-refractivity contribution < 1.29 is 0 Å². The van der Waals surface area contributed by atoms with Gasteiger partial charge in [0.15, 0.2) is 5.43 Å². The summed E-state index contributed by atoms with van der Waals surface area (Å²) in [6, 6.07) is 18.6. The summed E-state index contributed by atoms with van der Waals surface area (Å²) in [5.74, 6) is 0. The van der Waals surface area contributed by atoms with E-state index in [0.29, 0.717) is 28.2 Å². The molecule has 0 unspecified atom stereocenters. The number of fused-ring (bicyclic) bond motifs is 2. The van der Waals surface area contributed by atoms with E-state index >= 15 is 0 Å². The average Bonchev–Trinajstić information content (AvgIpc) is 2.73. The highest BCUT2D eigenvalue weighted by atomic mass is 16.1. The second-order valence-electron chi connectivity index (χ2n) is 5.64. The largest absolute Gasteiger partial charge is 0.303 e. The molecule has 0 atom stereocenters. The van der Waals surface area contributed by atoms with Gasteiger partial charge in [-0.25, -0.2) is 0 Å². The molecule has 0 saturated heterocycles. The Balaban J connectivity index is 2.19. The number of benzene rings is 2. The topological polar surface area (TPSA) is 52.0 Å². The first kappa shape index (κ1) is 14.3. The van der Waals surface area contributed by atoms with Crippen molar-refractivity contribution in [1.29, 1.82) is 0 Å². The van der Waals surface area contributed by atoms with Gasteiger partial charge in [0, 0.05) is 17.8 Å². The predicted octanol–water partition coefficient (Wildman–Crippen LogP) is 2.96. The van der Waals surface area contributed by atoms with Crippen LogP contribution in [0.2, 0.25) is 0 Å². The van der Waals surface area contributed by atoms with E-state index in [1.807, 2.05) is 48.5 Å². The van der Waals surface area contributed by atoms with Gasteiger partial charge in [-0.1, -0.05) is 42.5 Å². The highest BCUT2D eigenvalue weighted by Crippen LogP contribution is 2.13. The summed E-state index contributed by atoms with van der Waals surface area (Å²) < 4.78 is 1.66. The van der Waals surface area contributed by atoms with Gasteiger partial charge in [0.25, 0.3) is 5.56 Å². The third-order valence-electron chi connectivity index (χ3n) is 4.16. The van der Waals surface area contributed by atoms with E-state index < -0.39 is 0 Å². The van der Waals surface area contributed by atoms with Gasteiger partial charge >= 0.3 is 0 Å². The number of hydrogen-bond donors (Lipinski definition) is 0. The molecule has 4 nitrogen and oxygen atoms in total. The van der Waals surface area contributed by atoms with Gasteiger partial charge in [0.2, 0.25) is 0 Å². The first-order valence-electron chi connectivity index (χ1n) is 7.69. The molecular formula is C20H14N2O2. The van der Waals surface area contributed by atoms with Crippen molar-refractivity contribution in [2.24, 2.45) is 0 Å². The van der Waals surface area contributed by atoms with Crippen LogP contribution in [0, 0.1) is 0 Å². The van der Waals surface area contributed by atoms with Crippen LogP contribution in [0.3, 0.4) is 0 Å². The van der Waals surface area contributed by atoms with Gasteiger partial charge in [-0.05, 0) is 23.8 Å². The van der Waals surface area contributed by atoms with Crippen LogP contribution in [0.25, 0.3) is 21.7 Å². The number of aromatic nitrogens is 2. The monoisotopic (exact) mass is 314 g/mol. The maximum atomic E-state index is 13.1. The fourth-order valence-corrected chi connectivity index (χ4v) is 2.99. The molecule has 0 aliphatic heterocycles. The van der Waals surface area contributed by atoms with Crippen LogP contribution in [-0.2, 0) is 6.54 Å². The van der Waals surface area contributed by atoms with Crippen molar-refractivity contribution in [2.75, 3.05) is 0 Å². The molecule has 0 aliphatic carbocycles. The zero-order valence-corrected chi connectivity index (χ0v) is 12.8. The predicted molar refractivity (Wildman–Crippen MR) is 95.3 cm³/mol. The Morgan fingerprint density at radius 2 is 1.54 bits per heavy atom. The zero-order chi connectivity index (χ0) is 16.5. The van der Waals surface area contributed by atoms with Crippen LogP contribution in [0.5, 0.6) is 0 Å². The molecule has 0 amide bonds. The van der Waals surface area contributed by atoms with E-state index in [4.69, 9.17) is 0 Å². The molecule has 116 valence electrons. The normalized spacial score (nSPS) is 11.0. The molecule has 2 aromatic heterocycles. The Kier molecular flexibility index (Phi) is 3.43. The van der Waals surface area contributed by atoms with Crippen LogP contribution in [0.15, 0.2) is 82.6 Å². The first-order valence-corrected chi connectivity index (χ1v) is 7.69. The fraction of sp³-hybridized carbons (Fsp3) is 0.0500. The second kappa shape index (κ2) is 5.74. The Morgan fingerprint density at radius 1 is 0.792 bits per heavy atom. The van der Waals surface area contributed by atoms with Crippen molar-refractivity contribution in [3.63, 3.8) is 0 Å². The smallest absolute Gasteiger partial charge is 0.259 e. The summed E-state index contributed by atoms with van der Waals surface area (Å²) in [5, 5.41) is 1.26. The van der Waals surface area contributed by atoms with Gasteiger partial charge in [0.1, 0.15) is 0 Å². The number of nitrogens with zero attached hydrogens (tertiary/aromatic N) is 2. The summed E-state index contributed by atoms with van der Waals surface area (Å²) in [7, 11) is 0. The number of rotatable bonds is 2. The molecule has 0 spiro atoms.